The van der Waals surface area contributed by atoms with E-state index in [1.807, 2.05) is 12.1 Å². The number of nitrogens with one attached hydrogen (secondary N) is 1. The molecule has 0 bridgehead atoms. The second-order valence-electron chi connectivity index (χ2n) is 6.24. The zero-order valence-corrected chi connectivity index (χ0v) is 14.0. The van der Waals surface area contributed by atoms with E-state index >= 15 is 0 Å². The van der Waals surface area contributed by atoms with Gasteiger partial charge in [0.2, 0.25) is 11.7 Å². The minimum absolute atomic E-state index is 0.111. The van der Waals surface area contributed by atoms with E-state index in [1.165, 1.54) is 12.1 Å². The van der Waals surface area contributed by atoms with E-state index in [9.17, 15) is 9.59 Å². The summed E-state index contributed by atoms with van der Waals surface area (Å²) in [7, 11) is 0. The predicted octanol–water partition coefficient (Wildman–Crippen LogP) is 2.34. The Balaban J connectivity index is 1.70. The van der Waals surface area contributed by atoms with Gasteiger partial charge in [-0.05, 0) is 43.7 Å². The number of ether oxygens (including phenoxy) is 2. The number of hydrogen-bond acceptors (Lipinski definition) is 5. The summed E-state index contributed by atoms with van der Waals surface area (Å²) in [5, 5.41) is 11.6. The molecule has 0 radical (unpaired) electrons. The molecule has 7 heteroatoms. The third kappa shape index (κ3) is 3.45. The van der Waals surface area contributed by atoms with Crippen LogP contribution >= 0.6 is 0 Å². The maximum Gasteiger partial charge on any atom is 0.371 e. The Bertz CT molecular complexity index is 808. The Kier molecular flexibility index (Phi) is 4.39. The van der Waals surface area contributed by atoms with Gasteiger partial charge in [-0.3, -0.25) is 4.79 Å². The Morgan fingerprint density at radius 2 is 1.84 bits per heavy atom. The first-order valence-electron chi connectivity index (χ1n) is 7.88. The third-order valence-electron chi connectivity index (χ3n) is 4.13. The van der Waals surface area contributed by atoms with Gasteiger partial charge in [0.1, 0.15) is 19.0 Å². The van der Waals surface area contributed by atoms with Crippen LogP contribution < -0.4 is 14.8 Å². The number of fused-ring (bicyclic) bond motifs is 1. The Morgan fingerprint density at radius 3 is 2.52 bits per heavy atom. The minimum Gasteiger partial charge on any atom is -0.486 e. The van der Waals surface area contributed by atoms with Crippen molar-refractivity contribution in [3.8, 4) is 11.5 Å². The molecule has 2 heterocycles. The average molecular weight is 345 g/mol. The van der Waals surface area contributed by atoms with E-state index in [0.717, 1.165) is 5.56 Å². The van der Waals surface area contributed by atoms with Crippen molar-refractivity contribution in [2.45, 2.75) is 25.8 Å². The van der Waals surface area contributed by atoms with Gasteiger partial charge >= 0.3 is 5.97 Å². The topological polar surface area (TPSA) is 98.0 Å². The first-order valence-corrected chi connectivity index (χ1v) is 7.88. The van der Waals surface area contributed by atoms with Crippen molar-refractivity contribution in [2.75, 3.05) is 13.2 Å². The molecular formula is C18H19NO6. The lowest BCUT2D eigenvalue weighted by Crippen LogP contribution is -2.39. The number of carbonyl (C=O) groups is 2. The lowest BCUT2D eigenvalue weighted by Gasteiger charge is -2.26. The Hall–Kier alpha value is -2.96. The molecule has 0 unspecified atom stereocenters. The molecule has 0 spiro atoms. The number of amides is 1. The highest BCUT2D eigenvalue weighted by atomic mass is 16.6. The molecule has 2 aromatic rings. The molecule has 132 valence electrons. The third-order valence-corrected chi connectivity index (χ3v) is 4.13. The van der Waals surface area contributed by atoms with Gasteiger partial charge in [-0.15, -0.1) is 0 Å². The monoisotopic (exact) mass is 345 g/mol. The van der Waals surface area contributed by atoms with Crippen molar-refractivity contribution in [3.05, 3.63) is 47.4 Å². The summed E-state index contributed by atoms with van der Waals surface area (Å²) in [6.45, 7) is 4.71. The second-order valence-corrected chi connectivity index (χ2v) is 6.24. The van der Waals surface area contributed by atoms with Gasteiger partial charge in [-0.25, -0.2) is 4.79 Å². The van der Waals surface area contributed by atoms with Crippen molar-refractivity contribution in [1.29, 1.82) is 0 Å². The summed E-state index contributed by atoms with van der Waals surface area (Å²) >= 11 is 0. The highest BCUT2D eigenvalue weighted by molar-refractivity contribution is 5.87. The molecule has 7 nitrogen and oxygen atoms in total. The number of aromatic carboxylic acids is 1. The Morgan fingerprint density at radius 1 is 1.12 bits per heavy atom. The maximum atomic E-state index is 12.6. The summed E-state index contributed by atoms with van der Waals surface area (Å²) in [4.78, 5) is 23.4. The molecule has 0 saturated heterocycles. The van der Waals surface area contributed by atoms with E-state index in [4.69, 9.17) is 19.0 Å². The molecular weight excluding hydrogens is 326 g/mol. The van der Waals surface area contributed by atoms with Crippen LogP contribution in [-0.4, -0.2) is 30.2 Å². The SMILES string of the molecule is CC(C)(C(=O)NCc1ccc(C(=O)O)o1)c1ccc2c(c1)OCCO2. The standard InChI is InChI=1S/C18H19NO6/c1-18(2,11-3-5-13-15(9-11)24-8-7-23-13)17(22)19-10-12-4-6-14(25-12)16(20)21/h3-6,9H,7-8,10H2,1-2H3,(H,19,22)(H,20,21). The molecule has 1 aromatic heterocycles. The van der Waals surface area contributed by atoms with Crippen LogP contribution in [0.2, 0.25) is 0 Å². The predicted molar refractivity (Wildman–Crippen MR) is 88.0 cm³/mol. The van der Waals surface area contributed by atoms with Gasteiger partial charge in [-0.1, -0.05) is 6.07 Å². The van der Waals surface area contributed by atoms with Crippen LogP contribution in [0.15, 0.2) is 34.7 Å². The quantitative estimate of drug-likeness (QED) is 0.863. The first kappa shape index (κ1) is 16.9. The van der Waals surface area contributed by atoms with Crippen LogP contribution in [0, 0.1) is 0 Å². The van der Waals surface area contributed by atoms with E-state index in [1.54, 1.807) is 19.9 Å². The van der Waals surface area contributed by atoms with Crippen LogP contribution in [0.3, 0.4) is 0 Å². The van der Waals surface area contributed by atoms with Crippen molar-refractivity contribution in [3.63, 3.8) is 0 Å². The van der Waals surface area contributed by atoms with Crippen molar-refractivity contribution < 1.29 is 28.6 Å². The van der Waals surface area contributed by atoms with Gasteiger partial charge < -0.3 is 24.3 Å². The van der Waals surface area contributed by atoms with Gasteiger partial charge in [0, 0.05) is 0 Å². The summed E-state index contributed by atoms with van der Waals surface area (Å²) < 4.78 is 16.2. The lowest BCUT2D eigenvalue weighted by molar-refractivity contribution is -0.125. The fraction of sp³-hybridized carbons (Fsp3) is 0.333. The van der Waals surface area contributed by atoms with E-state index in [0.29, 0.717) is 30.5 Å². The number of benzene rings is 1. The number of hydrogen-bond donors (Lipinski definition) is 2. The van der Waals surface area contributed by atoms with Crippen molar-refractivity contribution in [2.24, 2.45) is 0 Å². The van der Waals surface area contributed by atoms with Crippen LogP contribution in [0.1, 0.15) is 35.7 Å². The zero-order chi connectivity index (χ0) is 18.0. The van der Waals surface area contributed by atoms with Crippen LogP contribution in [0.5, 0.6) is 11.5 Å². The summed E-state index contributed by atoms with van der Waals surface area (Å²) in [6, 6.07) is 8.33. The lowest BCUT2D eigenvalue weighted by atomic mass is 9.83. The summed E-state index contributed by atoms with van der Waals surface area (Å²) in [5.74, 6) is 0.162. The van der Waals surface area contributed by atoms with Crippen molar-refractivity contribution >= 4 is 11.9 Å². The van der Waals surface area contributed by atoms with Crippen LogP contribution in [-0.2, 0) is 16.8 Å². The highest BCUT2D eigenvalue weighted by Crippen LogP contribution is 2.35. The molecule has 0 fully saturated rings. The minimum atomic E-state index is -1.14. The molecule has 2 N–H and O–H groups in total. The molecule has 0 atom stereocenters. The molecule has 1 aromatic carbocycles. The molecule has 1 aliphatic heterocycles. The highest BCUT2D eigenvalue weighted by Gasteiger charge is 2.31. The molecule has 1 amide bonds. The van der Waals surface area contributed by atoms with Gasteiger partial charge in [0.05, 0.1) is 12.0 Å². The van der Waals surface area contributed by atoms with E-state index in [-0.39, 0.29) is 18.2 Å². The smallest absolute Gasteiger partial charge is 0.371 e. The molecule has 3 rings (SSSR count). The molecule has 25 heavy (non-hydrogen) atoms. The van der Waals surface area contributed by atoms with Gasteiger partial charge in [0.15, 0.2) is 11.5 Å². The number of carboxylic acid groups (broad SMARTS) is 1. The Labute approximate surface area is 144 Å². The number of carboxylic acids is 1. The molecule has 0 saturated carbocycles. The second kappa shape index (κ2) is 6.51. The average Bonchev–Trinajstić information content (AvgIpc) is 3.08. The fourth-order valence-corrected chi connectivity index (χ4v) is 2.54. The maximum absolute atomic E-state index is 12.6. The van der Waals surface area contributed by atoms with Gasteiger partial charge in [0.25, 0.3) is 0 Å². The fourth-order valence-electron chi connectivity index (χ4n) is 2.54. The first-order chi connectivity index (χ1) is 11.9. The normalized spacial score (nSPS) is 13.4. The number of carbonyl (C=O) groups excluding carboxylic acids is 1. The van der Waals surface area contributed by atoms with Crippen LogP contribution in [0.4, 0.5) is 0 Å². The number of rotatable bonds is 5. The summed E-state index contributed by atoms with van der Waals surface area (Å²) in [5.41, 5.74) is -0.0159. The zero-order valence-electron chi connectivity index (χ0n) is 14.0. The van der Waals surface area contributed by atoms with Gasteiger partial charge in [-0.2, -0.15) is 0 Å². The molecule has 0 aliphatic carbocycles. The van der Waals surface area contributed by atoms with Crippen molar-refractivity contribution in [1.82, 2.24) is 5.32 Å². The van der Waals surface area contributed by atoms with E-state index < -0.39 is 11.4 Å². The summed E-state index contributed by atoms with van der Waals surface area (Å²) in [6.07, 6.45) is 0. The molecule has 1 aliphatic rings. The largest absolute Gasteiger partial charge is 0.486 e. The van der Waals surface area contributed by atoms with E-state index in [2.05, 4.69) is 5.32 Å². The van der Waals surface area contributed by atoms with Crippen LogP contribution in [0.25, 0.3) is 0 Å². The number of furan rings is 1.